The highest BCUT2D eigenvalue weighted by Crippen LogP contribution is 2.29. The normalized spacial score (nSPS) is 10.9. The Bertz CT molecular complexity index is 1080. The highest BCUT2D eigenvalue weighted by atomic mass is 16.5. The molecule has 7 heteroatoms. The second kappa shape index (κ2) is 9.98. The van der Waals surface area contributed by atoms with Crippen molar-refractivity contribution in [3.8, 4) is 17.6 Å². The summed E-state index contributed by atoms with van der Waals surface area (Å²) < 4.78 is 5.59. The van der Waals surface area contributed by atoms with E-state index in [0.29, 0.717) is 42.3 Å². The molecule has 0 aliphatic carbocycles. The highest BCUT2D eigenvalue weighted by Gasteiger charge is 2.20. The molecule has 2 aromatic carbocycles. The Balaban J connectivity index is 1.77. The number of carbonyl (C=O) groups excluding carboxylic acids is 1. The third-order valence-electron chi connectivity index (χ3n) is 5.18. The van der Waals surface area contributed by atoms with Gasteiger partial charge >= 0.3 is 0 Å². The number of aromatic amines is 1. The van der Waals surface area contributed by atoms with Gasteiger partial charge in [-0.1, -0.05) is 13.8 Å². The third-order valence-corrected chi connectivity index (χ3v) is 5.18. The first-order valence-corrected chi connectivity index (χ1v) is 10.5. The SMILES string of the molecule is CC(C)CCc1n[nH]c2cc(O)c(C(=O)N(C)c3ccc(OCCCC#N)cc3)cc12. The Morgan fingerprint density at radius 2 is 2.03 bits per heavy atom. The molecule has 0 spiro atoms. The van der Waals surface area contributed by atoms with Gasteiger partial charge in [0.1, 0.15) is 11.5 Å². The van der Waals surface area contributed by atoms with E-state index < -0.39 is 0 Å². The van der Waals surface area contributed by atoms with Crippen LogP contribution in [-0.2, 0) is 6.42 Å². The molecule has 3 rings (SSSR count). The van der Waals surface area contributed by atoms with Crippen molar-refractivity contribution < 1.29 is 14.6 Å². The summed E-state index contributed by atoms with van der Waals surface area (Å²) in [6.07, 6.45) is 2.93. The van der Waals surface area contributed by atoms with Gasteiger partial charge in [-0.3, -0.25) is 9.89 Å². The van der Waals surface area contributed by atoms with Crippen LogP contribution in [0.3, 0.4) is 0 Å². The van der Waals surface area contributed by atoms with Crippen molar-refractivity contribution in [2.75, 3.05) is 18.6 Å². The molecule has 0 unspecified atom stereocenters. The standard InChI is InChI=1S/C24H28N4O3/c1-16(2)6-11-21-19-14-20(23(29)15-22(19)27-26-21)24(30)28(3)17-7-9-18(10-8-17)31-13-5-4-12-25/h7-10,14-16,29H,4-6,11,13H2,1-3H3,(H,26,27). The zero-order valence-electron chi connectivity index (χ0n) is 18.2. The summed E-state index contributed by atoms with van der Waals surface area (Å²) in [5.74, 6) is 0.841. The minimum atomic E-state index is -0.307. The number of amides is 1. The van der Waals surface area contributed by atoms with Gasteiger partial charge in [-0.25, -0.2) is 0 Å². The number of nitriles is 1. The summed E-state index contributed by atoms with van der Waals surface area (Å²) in [5, 5.41) is 27.2. The first-order valence-electron chi connectivity index (χ1n) is 10.5. The predicted molar refractivity (Wildman–Crippen MR) is 120 cm³/mol. The van der Waals surface area contributed by atoms with Crippen LogP contribution in [0.4, 0.5) is 5.69 Å². The second-order valence-corrected chi connectivity index (χ2v) is 7.99. The zero-order valence-corrected chi connectivity index (χ0v) is 18.2. The number of fused-ring (bicyclic) bond motifs is 1. The van der Waals surface area contributed by atoms with E-state index in [4.69, 9.17) is 10.00 Å². The minimum Gasteiger partial charge on any atom is -0.507 e. The predicted octanol–water partition coefficient (Wildman–Crippen LogP) is 4.82. The van der Waals surface area contributed by atoms with Crippen LogP contribution in [0.5, 0.6) is 11.5 Å². The molecule has 2 N–H and O–H groups in total. The summed E-state index contributed by atoms with van der Waals surface area (Å²) in [5.41, 5.74) is 2.53. The fourth-order valence-electron chi connectivity index (χ4n) is 3.30. The number of carbonyl (C=O) groups is 1. The quantitative estimate of drug-likeness (QED) is 0.483. The number of ether oxygens (including phenoxy) is 1. The van der Waals surface area contributed by atoms with Crippen molar-refractivity contribution in [1.82, 2.24) is 10.2 Å². The number of phenolic OH excluding ortho intramolecular Hbond substituents is 1. The Kier molecular flexibility index (Phi) is 7.14. The number of rotatable bonds is 9. The molecule has 0 bridgehead atoms. The molecule has 7 nitrogen and oxygen atoms in total. The lowest BCUT2D eigenvalue weighted by molar-refractivity contribution is 0.0990. The topological polar surface area (TPSA) is 102 Å². The number of aromatic hydroxyl groups is 1. The van der Waals surface area contributed by atoms with E-state index in [1.54, 1.807) is 43.4 Å². The van der Waals surface area contributed by atoms with Crippen molar-refractivity contribution >= 4 is 22.5 Å². The van der Waals surface area contributed by atoms with Crippen molar-refractivity contribution in [2.45, 2.75) is 39.5 Å². The largest absolute Gasteiger partial charge is 0.507 e. The Labute approximate surface area is 182 Å². The number of aromatic nitrogens is 2. The monoisotopic (exact) mass is 420 g/mol. The van der Waals surface area contributed by atoms with E-state index in [0.717, 1.165) is 23.9 Å². The molecule has 31 heavy (non-hydrogen) atoms. The average molecular weight is 421 g/mol. The molecule has 3 aromatic rings. The Morgan fingerprint density at radius 1 is 1.29 bits per heavy atom. The number of H-pyrrole nitrogens is 1. The van der Waals surface area contributed by atoms with Gasteiger partial charge in [-0.05, 0) is 55.5 Å². The molecular weight excluding hydrogens is 392 g/mol. The van der Waals surface area contributed by atoms with E-state index in [1.165, 1.54) is 4.90 Å². The van der Waals surface area contributed by atoms with E-state index >= 15 is 0 Å². The lowest BCUT2D eigenvalue weighted by atomic mass is 10.0. The molecule has 1 aromatic heterocycles. The van der Waals surface area contributed by atoms with E-state index in [1.807, 2.05) is 0 Å². The van der Waals surface area contributed by atoms with Crippen LogP contribution in [0.25, 0.3) is 10.9 Å². The van der Waals surface area contributed by atoms with Crippen LogP contribution >= 0.6 is 0 Å². The summed E-state index contributed by atoms with van der Waals surface area (Å²) >= 11 is 0. The van der Waals surface area contributed by atoms with E-state index in [-0.39, 0.29) is 17.2 Å². The van der Waals surface area contributed by atoms with E-state index in [2.05, 4.69) is 30.1 Å². The Hall–Kier alpha value is -3.53. The molecule has 0 saturated carbocycles. The van der Waals surface area contributed by atoms with Gasteiger partial charge in [-0.15, -0.1) is 0 Å². The summed E-state index contributed by atoms with van der Waals surface area (Å²) in [6, 6.07) is 12.5. The van der Waals surface area contributed by atoms with Gasteiger partial charge in [0.15, 0.2) is 0 Å². The lowest BCUT2D eigenvalue weighted by Crippen LogP contribution is -2.26. The van der Waals surface area contributed by atoms with Crippen molar-refractivity contribution in [3.05, 3.63) is 47.7 Å². The number of nitrogens with one attached hydrogen (secondary N) is 1. The fourth-order valence-corrected chi connectivity index (χ4v) is 3.30. The number of nitrogens with zero attached hydrogens (tertiary/aromatic N) is 3. The molecular formula is C24H28N4O3. The third kappa shape index (κ3) is 5.34. The van der Waals surface area contributed by atoms with Crippen LogP contribution in [-0.4, -0.2) is 34.9 Å². The number of benzene rings is 2. The van der Waals surface area contributed by atoms with Crippen LogP contribution in [0.15, 0.2) is 36.4 Å². The lowest BCUT2D eigenvalue weighted by Gasteiger charge is -2.18. The van der Waals surface area contributed by atoms with Gasteiger partial charge in [0.05, 0.1) is 29.5 Å². The average Bonchev–Trinajstić information content (AvgIpc) is 3.15. The first-order chi connectivity index (χ1) is 14.9. The molecule has 0 atom stereocenters. The maximum Gasteiger partial charge on any atom is 0.261 e. The number of aryl methyl sites for hydroxylation is 1. The summed E-state index contributed by atoms with van der Waals surface area (Å²) in [6.45, 7) is 4.79. The van der Waals surface area contributed by atoms with Crippen molar-refractivity contribution in [2.24, 2.45) is 5.92 Å². The van der Waals surface area contributed by atoms with Gasteiger partial charge in [0, 0.05) is 30.6 Å². The summed E-state index contributed by atoms with van der Waals surface area (Å²) in [7, 11) is 1.67. The number of hydrogen-bond donors (Lipinski definition) is 2. The first kappa shape index (κ1) is 22.2. The van der Waals surface area contributed by atoms with Crippen molar-refractivity contribution in [1.29, 1.82) is 5.26 Å². The van der Waals surface area contributed by atoms with Crippen molar-refractivity contribution in [3.63, 3.8) is 0 Å². The maximum atomic E-state index is 13.1. The van der Waals surface area contributed by atoms with Crippen LogP contribution in [0.1, 0.15) is 49.2 Å². The number of phenols is 1. The number of hydrogen-bond acceptors (Lipinski definition) is 5. The molecule has 1 heterocycles. The Morgan fingerprint density at radius 3 is 2.71 bits per heavy atom. The smallest absolute Gasteiger partial charge is 0.261 e. The van der Waals surface area contributed by atoms with Crippen LogP contribution in [0, 0.1) is 17.2 Å². The van der Waals surface area contributed by atoms with E-state index in [9.17, 15) is 9.90 Å². The molecule has 0 saturated heterocycles. The molecule has 0 fully saturated rings. The minimum absolute atomic E-state index is 0.0825. The molecule has 0 aliphatic heterocycles. The van der Waals surface area contributed by atoms with Gasteiger partial charge < -0.3 is 14.7 Å². The molecule has 162 valence electrons. The van der Waals surface area contributed by atoms with Crippen LogP contribution < -0.4 is 9.64 Å². The van der Waals surface area contributed by atoms with Gasteiger partial charge in [0.2, 0.25) is 0 Å². The van der Waals surface area contributed by atoms with Gasteiger partial charge in [0.25, 0.3) is 5.91 Å². The number of unbranched alkanes of at least 4 members (excludes halogenated alkanes) is 1. The summed E-state index contributed by atoms with van der Waals surface area (Å²) in [4.78, 5) is 14.6. The fraction of sp³-hybridized carbons (Fsp3) is 0.375. The maximum absolute atomic E-state index is 13.1. The zero-order chi connectivity index (χ0) is 22.4. The molecule has 1 amide bonds. The number of anilines is 1. The van der Waals surface area contributed by atoms with Gasteiger partial charge in [-0.2, -0.15) is 10.4 Å². The van der Waals surface area contributed by atoms with Crippen LogP contribution in [0.2, 0.25) is 0 Å². The molecule has 0 radical (unpaired) electrons. The highest BCUT2D eigenvalue weighted by molar-refractivity contribution is 6.09. The second-order valence-electron chi connectivity index (χ2n) is 7.99. The molecule has 0 aliphatic rings.